The summed E-state index contributed by atoms with van der Waals surface area (Å²) in [7, 11) is 1.22. The average molecular weight is 475 g/mol. The molecule has 9 heteroatoms. The SMILES string of the molecule is COC(=O)n1c(=O)n(C2CCC(N3C(=O)O[C@H](C)[C@H]3c3ccccc3)CC2)c2ccc(C#N)cc21. The molecule has 1 aliphatic carbocycles. The molecule has 0 unspecified atom stereocenters. The summed E-state index contributed by atoms with van der Waals surface area (Å²) >= 11 is 0. The van der Waals surface area contributed by atoms with Crippen LogP contribution in [0.3, 0.4) is 0 Å². The van der Waals surface area contributed by atoms with Gasteiger partial charge in [-0.2, -0.15) is 9.83 Å². The molecule has 1 saturated heterocycles. The third-order valence-corrected chi connectivity index (χ3v) is 7.17. The van der Waals surface area contributed by atoms with Gasteiger partial charge in [0.15, 0.2) is 0 Å². The standard InChI is InChI=1S/C26H26N4O5/c1-16-23(18-6-4-3-5-7-18)29(26(33)35-16)20-11-9-19(10-12-20)28-21-13-8-17(15-27)14-22(21)30(24(28)31)25(32)34-2/h3-8,13-14,16,19-20,23H,9-12H2,1-2H3/t16-,19?,20?,23+/m1/s1. The normalized spacial score (nSPS) is 24.3. The van der Waals surface area contributed by atoms with Gasteiger partial charge in [-0.25, -0.2) is 14.4 Å². The van der Waals surface area contributed by atoms with E-state index in [1.165, 1.54) is 13.2 Å². The summed E-state index contributed by atoms with van der Waals surface area (Å²) in [5.74, 6) is 0. The number of hydrogen-bond donors (Lipinski definition) is 0. The second-order valence-corrected chi connectivity index (χ2v) is 9.09. The van der Waals surface area contributed by atoms with E-state index in [0.29, 0.717) is 42.3 Å². The first-order valence-corrected chi connectivity index (χ1v) is 11.7. The fourth-order valence-corrected chi connectivity index (χ4v) is 5.59. The van der Waals surface area contributed by atoms with Crippen LogP contribution in [0.4, 0.5) is 9.59 Å². The molecule has 0 bridgehead atoms. The van der Waals surface area contributed by atoms with Crippen LogP contribution in [0.15, 0.2) is 53.3 Å². The summed E-state index contributed by atoms with van der Waals surface area (Å²) in [6.45, 7) is 1.91. The molecule has 1 amide bonds. The van der Waals surface area contributed by atoms with E-state index < -0.39 is 11.8 Å². The van der Waals surface area contributed by atoms with Gasteiger partial charge < -0.3 is 9.47 Å². The van der Waals surface area contributed by atoms with Crippen LogP contribution in [0, 0.1) is 11.3 Å². The molecule has 180 valence electrons. The van der Waals surface area contributed by atoms with Gasteiger partial charge >= 0.3 is 17.9 Å². The monoisotopic (exact) mass is 474 g/mol. The highest BCUT2D eigenvalue weighted by Gasteiger charge is 2.45. The lowest BCUT2D eigenvalue weighted by Gasteiger charge is -2.37. The second kappa shape index (κ2) is 8.95. The van der Waals surface area contributed by atoms with Crippen molar-refractivity contribution >= 4 is 23.2 Å². The number of imidazole rings is 1. The zero-order chi connectivity index (χ0) is 24.7. The summed E-state index contributed by atoms with van der Waals surface area (Å²) in [5, 5.41) is 9.28. The lowest BCUT2D eigenvalue weighted by Crippen LogP contribution is -2.42. The van der Waals surface area contributed by atoms with Gasteiger partial charge in [0.05, 0.1) is 35.8 Å². The van der Waals surface area contributed by atoms with E-state index >= 15 is 0 Å². The zero-order valence-electron chi connectivity index (χ0n) is 19.6. The summed E-state index contributed by atoms with van der Waals surface area (Å²) in [4.78, 5) is 40.4. The van der Waals surface area contributed by atoms with Crippen molar-refractivity contribution in [3.05, 3.63) is 70.1 Å². The Morgan fingerprint density at radius 1 is 1.03 bits per heavy atom. The van der Waals surface area contributed by atoms with E-state index in [1.54, 1.807) is 16.7 Å². The van der Waals surface area contributed by atoms with Crippen molar-refractivity contribution in [1.29, 1.82) is 5.26 Å². The molecule has 1 aromatic heterocycles. The number of amides is 1. The maximum atomic E-state index is 13.3. The number of cyclic esters (lactones) is 1. The Balaban J connectivity index is 1.44. The van der Waals surface area contributed by atoms with Crippen LogP contribution in [-0.2, 0) is 9.47 Å². The van der Waals surface area contributed by atoms with Crippen molar-refractivity contribution in [3.63, 3.8) is 0 Å². The van der Waals surface area contributed by atoms with E-state index in [9.17, 15) is 19.6 Å². The van der Waals surface area contributed by atoms with Gasteiger partial charge in [0.25, 0.3) is 0 Å². The molecule has 2 aromatic carbocycles. The maximum Gasteiger partial charge on any atom is 0.422 e. The minimum atomic E-state index is -0.790. The van der Waals surface area contributed by atoms with E-state index in [2.05, 4.69) is 0 Å². The molecule has 2 atom stereocenters. The summed E-state index contributed by atoms with van der Waals surface area (Å²) in [6.07, 6.45) is 1.36. The quantitative estimate of drug-likeness (QED) is 0.559. The Hall–Kier alpha value is -4.06. The number of hydrogen-bond acceptors (Lipinski definition) is 6. The van der Waals surface area contributed by atoms with Crippen LogP contribution >= 0.6 is 0 Å². The molecule has 9 nitrogen and oxygen atoms in total. The molecular weight excluding hydrogens is 448 g/mol. The first kappa shape index (κ1) is 22.7. The molecular formula is C26H26N4O5. The van der Waals surface area contributed by atoms with Gasteiger partial charge in [0.2, 0.25) is 0 Å². The van der Waals surface area contributed by atoms with Crippen molar-refractivity contribution in [3.8, 4) is 6.07 Å². The fourth-order valence-electron chi connectivity index (χ4n) is 5.59. The second-order valence-electron chi connectivity index (χ2n) is 9.09. The Morgan fingerprint density at radius 2 is 1.71 bits per heavy atom. The molecule has 5 rings (SSSR count). The predicted octanol–water partition coefficient (Wildman–Crippen LogP) is 4.35. The molecule has 2 fully saturated rings. The van der Waals surface area contributed by atoms with Crippen LogP contribution in [0.5, 0.6) is 0 Å². The van der Waals surface area contributed by atoms with E-state index in [-0.39, 0.29) is 30.3 Å². The minimum absolute atomic E-state index is 0.0104. The number of nitriles is 1. The molecule has 0 spiro atoms. The smallest absolute Gasteiger partial charge is 0.422 e. The van der Waals surface area contributed by atoms with E-state index in [0.717, 1.165) is 10.1 Å². The number of carbonyl (C=O) groups is 2. The highest BCUT2D eigenvalue weighted by molar-refractivity contribution is 5.87. The van der Waals surface area contributed by atoms with Crippen LogP contribution < -0.4 is 5.69 Å². The molecule has 2 aliphatic rings. The lowest BCUT2D eigenvalue weighted by molar-refractivity contribution is 0.121. The van der Waals surface area contributed by atoms with E-state index in [4.69, 9.17) is 9.47 Å². The number of ether oxygens (including phenoxy) is 2. The highest BCUT2D eigenvalue weighted by Crippen LogP contribution is 2.40. The summed E-state index contributed by atoms with van der Waals surface area (Å²) in [6, 6.07) is 16.5. The van der Waals surface area contributed by atoms with Gasteiger partial charge in [0.1, 0.15) is 6.10 Å². The number of methoxy groups -OCH3 is 1. The number of rotatable bonds is 3. The molecule has 0 N–H and O–H groups in total. The first-order chi connectivity index (χ1) is 16.9. The molecule has 2 heterocycles. The Morgan fingerprint density at radius 3 is 2.37 bits per heavy atom. The number of fused-ring (bicyclic) bond motifs is 1. The third-order valence-electron chi connectivity index (χ3n) is 7.17. The molecule has 1 aliphatic heterocycles. The Labute approximate surface area is 202 Å². The average Bonchev–Trinajstić information content (AvgIpc) is 3.35. The van der Waals surface area contributed by atoms with Crippen molar-refractivity contribution in [2.24, 2.45) is 0 Å². The maximum absolute atomic E-state index is 13.3. The van der Waals surface area contributed by atoms with Crippen LogP contribution in [0.1, 0.15) is 55.8 Å². The van der Waals surface area contributed by atoms with Crippen molar-refractivity contribution in [1.82, 2.24) is 14.0 Å². The van der Waals surface area contributed by atoms with Gasteiger partial charge in [-0.1, -0.05) is 30.3 Å². The van der Waals surface area contributed by atoms with Crippen molar-refractivity contribution < 1.29 is 19.1 Å². The number of benzene rings is 2. The third kappa shape index (κ3) is 3.75. The highest BCUT2D eigenvalue weighted by atomic mass is 16.6. The van der Waals surface area contributed by atoms with Crippen molar-refractivity contribution in [2.45, 2.75) is 56.8 Å². The molecule has 1 saturated carbocycles. The number of carbonyl (C=O) groups excluding carboxylic acids is 2. The van der Waals surface area contributed by atoms with Crippen molar-refractivity contribution in [2.75, 3.05) is 7.11 Å². The first-order valence-electron chi connectivity index (χ1n) is 11.7. The van der Waals surface area contributed by atoms with Gasteiger partial charge in [-0.05, 0) is 56.4 Å². The topological polar surface area (TPSA) is 107 Å². The van der Waals surface area contributed by atoms with Gasteiger partial charge in [0, 0.05) is 12.1 Å². The number of aromatic nitrogens is 2. The summed E-state index contributed by atoms with van der Waals surface area (Å²) < 4.78 is 13.0. The van der Waals surface area contributed by atoms with Crippen LogP contribution in [0.25, 0.3) is 11.0 Å². The minimum Gasteiger partial charge on any atom is -0.452 e. The van der Waals surface area contributed by atoms with E-state index in [1.807, 2.05) is 48.2 Å². The molecule has 35 heavy (non-hydrogen) atoms. The Kier molecular flexibility index (Phi) is 5.81. The molecule has 3 aromatic rings. The van der Waals surface area contributed by atoms with Crippen LogP contribution in [-0.4, -0.2) is 45.5 Å². The Bertz CT molecular complexity index is 1380. The number of nitrogens with zero attached hydrogens (tertiary/aromatic N) is 4. The summed E-state index contributed by atoms with van der Waals surface area (Å²) in [5.41, 5.74) is 1.84. The lowest BCUT2D eigenvalue weighted by atomic mass is 9.88. The predicted molar refractivity (Wildman–Crippen MR) is 127 cm³/mol. The van der Waals surface area contributed by atoms with Gasteiger partial charge in [-0.15, -0.1) is 0 Å². The fraction of sp³-hybridized carbons (Fsp3) is 0.385. The van der Waals surface area contributed by atoms with Gasteiger partial charge in [-0.3, -0.25) is 9.47 Å². The zero-order valence-corrected chi connectivity index (χ0v) is 19.6. The van der Waals surface area contributed by atoms with Crippen LogP contribution in [0.2, 0.25) is 0 Å². The largest absolute Gasteiger partial charge is 0.452 e. The molecule has 0 radical (unpaired) electrons.